The van der Waals surface area contributed by atoms with E-state index in [1.165, 1.54) is 5.56 Å². The lowest BCUT2D eigenvalue weighted by atomic mass is 10.2. The van der Waals surface area contributed by atoms with Crippen LogP contribution in [0, 0.1) is 16.2 Å². The van der Waals surface area contributed by atoms with Gasteiger partial charge in [-0.05, 0) is 5.56 Å². The fourth-order valence-corrected chi connectivity index (χ4v) is 0.614. The minimum absolute atomic E-state index is 0.640. The smallest absolute Gasteiger partial charge is 0.231 e. The van der Waals surface area contributed by atoms with Gasteiger partial charge in [0.1, 0.15) is 0 Å². The van der Waals surface area contributed by atoms with Gasteiger partial charge in [-0.25, -0.2) is 30.6 Å². The van der Waals surface area contributed by atoms with Crippen molar-refractivity contribution >= 4 is 18.2 Å². The van der Waals surface area contributed by atoms with E-state index in [1.54, 1.807) is 0 Å². The molecule has 0 unspecified atom stereocenters. The quantitative estimate of drug-likeness (QED) is 0.422. The summed E-state index contributed by atoms with van der Waals surface area (Å²) in [6, 6.07) is 9.99. The topological polar surface area (TPSA) is 149 Å². The number of benzene rings is 1. The summed E-state index contributed by atoms with van der Waals surface area (Å²) in [5.41, 5.74) is 6.54. The van der Waals surface area contributed by atoms with Crippen molar-refractivity contribution in [1.82, 2.24) is 0 Å². The average molecular weight is 236 g/mol. The Morgan fingerprint density at radius 3 is 1.35 bits per heavy atom. The molecule has 5 N–H and O–H groups in total. The number of isocyanates is 3. The highest BCUT2D eigenvalue weighted by Crippen LogP contribution is 1.94. The molecule has 0 saturated heterocycles. The van der Waals surface area contributed by atoms with E-state index in [4.69, 9.17) is 36.3 Å². The number of hydrogen-bond donors (Lipinski definition) is 4. The second kappa shape index (κ2) is 23.3. The average Bonchev–Trinajstić information content (AvgIpc) is 2.33. The van der Waals surface area contributed by atoms with Crippen molar-refractivity contribution in [1.29, 1.82) is 16.2 Å². The number of hydrogen-bond acceptors (Lipinski definition) is 7. The molecule has 0 amide bonds. The van der Waals surface area contributed by atoms with Gasteiger partial charge in [0.2, 0.25) is 18.2 Å². The molecule has 0 radical (unpaired) electrons. The van der Waals surface area contributed by atoms with E-state index < -0.39 is 0 Å². The van der Waals surface area contributed by atoms with E-state index >= 15 is 0 Å². The molecular weight excluding hydrogens is 224 g/mol. The molecule has 17 heavy (non-hydrogen) atoms. The molecule has 0 atom stereocenters. The second-order valence-corrected chi connectivity index (χ2v) is 2.00. The van der Waals surface area contributed by atoms with Gasteiger partial charge >= 0.3 is 0 Å². The number of carbonyl (C=O) groups excluding carboxylic acids is 3. The maximum atomic E-state index is 8.35. The van der Waals surface area contributed by atoms with Crippen molar-refractivity contribution < 1.29 is 14.4 Å². The van der Waals surface area contributed by atoms with Crippen molar-refractivity contribution in [2.75, 3.05) is 0 Å². The van der Waals surface area contributed by atoms with E-state index in [0.29, 0.717) is 6.54 Å². The van der Waals surface area contributed by atoms with E-state index in [-0.39, 0.29) is 0 Å². The Bertz CT molecular complexity index is 332. The van der Waals surface area contributed by atoms with Gasteiger partial charge in [0.25, 0.3) is 0 Å². The lowest BCUT2D eigenvalue weighted by Crippen LogP contribution is -1.94. The van der Waals surface area contributed by atoms with Gasteiger partial charge in [-0.3, -0.25) is 0 Å². The third-order valence-corrected chi connectivity index (χ3v) is 1.08. The van der Waals surface area contributed by atoms with Crippen LogP contribution >= 0.6 is 0 Å². The normalized spacial score (nSPS) is 5.71. The van der Waals surface area contributed by atoms with Crippen molar-refractivity contribution in [2.24, 2.45) is 5.73 Å². The summed E-state index contributed by atoms with van der Waals surface area (Å²) in [5.74, 6) is 0. The zero-order chi connectivity index (χ0) is 13.9. The zero-order valence-corrected chi connectivity index (χ0v) is 8.90. The first kappa shape index (κ1) is 19.8. The molecule has 0 aliphatic heterocycles. The van der Waals surface area contributed by atoms with Gasteiger partial charge in [-0.1, -0.05) is 30.3 Å². The largest absolute Gasteiger partial charge is 0.326 e. The Balaban J connectivity index is -0.000000184. The van der Waals surface area contributed by atoms with Crippen molar-refractivity contribution in [2.45, 2.75) is 6.54 Å². The highest BCUT2D eigenvalue weighted by atomic mass is 16.1. The molecule has 0 spiro atoms. The van der Waals surface area contributed by atoms with Crippen LogP contribution in [0.5, 0.6) is 0 Å². The fourth-order valence-electron chi connectivity index (χ4n) is 0.614. The lowest BCUT2D eigenvalue weighted by molar-refractivity contribution is 0.562. The molecule has 0 aliphatic rings. The van der Waals surface area contributed by atoms with Crippen LogP contribution < -0.4 is 5.73 Å². The molecule has 1 rings (SSSR count). The van der Waals surface area contributed by atoms with Crippen LogP contribution in [0.4, 0.5) is 0 Å². The summed E-state index contributed by atoms with van der Waals surface area (Å²) in [5, 5.41) is 16.2. The molecule has 90 valence electrons. The fraction of sp³-hybridized carbons (Fsp3) is 0.100. The molecule has 1 aromatic carbocycles. The summed E-state index contributed by atoms with van der Waals surface area (Å²) in [4.78, 5) is 25.0. The van der Waals surface area contributed by atoms with E-state index in [9.17, 15) is 0 Å². The molecule has 0 fully saturated rings. The van der Waals surface area contributed by atoms with Gasteiger partial charge in [0, 0.05) is 6.54 Å². The highest BCUT2D eigenvalue weighted by molar-refractivity contribution is 5.26. The Morgan fingerprint density at radius 2 is 1.18 bits per heavy atom. The van der Waals surface area contributed by atoms with Crippen LogP contribution in [-0.2, 0) is 20.9 Å². The zero-order valence-electron chi connectivity index (χ0n) is 8.90. The standard InChI is InChI=1S/C7H9N.3CHNO/c8-6-7-4-2-1-3-5-7;3*2-1-3/h1-5H,6,8H2;3*2H. The van der Waals surface area contributed by atoms with Crippen LogP contribution in [0.1, 0.15) is 5.56 Å². The third kappa shape index (κ3) is 31.9. The second-order valence-electron chi connectivity index (χ2n) is 2.00. The van der Waals surface area contributed by atoms with Gasteiger partial charge in [-0.2, -0.15) is 0 Å². The Labute approximate surface area is 97.8 Å². The maximum Gasteiger partial charge on any atom is 0.231 e. The first-order valence-electron chi connectivity index (χ1n) is 4.03. The Hall–Kier alpha value is -2.68. The van der Waals surface area contributed by atoms with Crippen LogP contribution in [0.25, 0.3) is 0 Å². The molecule has 7 heteroatoms. The monoisotopic (exact) mass is 236 g/mol. The predicted octanol–water partition coefficient (Wildman–Crippen LogP) is 0.848. The van der Waals surface area contributed by atoms with Gasteiger partial charge in [-0.15, -0.1) is 0 Å². The van der Waals surface area contributed by atoms with Crippen molar-refractivity contribution in [3.05, 3.63) is 35.9 Å². The first-order valence-corrected chi connectivity index (χ1v) is 4.03. The molecular formula is C10H12N4O3. The molecule has 0 bridgehead atoms. The molecule has 0 aliphatic carbocycles. The van der Waals surface area contributed by atoms with Crippen LogP contribution in [0.3, 0.4) is 0 Å². The van der Waals surface area contributed by atoms with E-state index in [2.05, 4.69) is 0 Å². The Kier molecular flexibility index (Phi) is 27.1. The summed E-state index contributed by atoms with van der Waals surface area (Å²) in [7, 11) is 0. The van der Waals surface area contributed by atoms with Gasteiger partial charge in [0.05, 0.1) is 0 Å². The molecule has 0 heterocycles. The third-order valence-electron chi connectivity index (χ3n) is 1.08. The van der Waals surface area contributed by atoms with Crippen LogP contribution in [-0.4, -0.2) is 18.2 Å². The number of rotatable bonds is 1. The van der Waals surface area contributed by atoms with Gasteiger partial charge in [0.15, 0.2) is 0 Å². The van der Waals surface area contributed by atoms with E-state index in [1.807, 2.05) is 30.3 Å². The minimum atomic E-state index is 0.640. The molecule has 7 nitrogen and oxygen atoms in total. The van der Waals surface area contributed by atoms with Crippen molar-refractivity contribution in [3.63, 3.8) is 0 Å². The van der Waals surface area contributed by atoms with E-state index in [0.717, 1.165) is 18.2 Å². The van der Waals surface area contributed by atoms with Crippen LogP contribution in [0.15, 0.2) is 30.3 Å². The summed E-state index contributed by atoms with van der Waals surface area (Å²) < 4.78 is 0. The molecule has 1 aromatic rings. The number of nitrogens with two attached hydrogens (primary N) is 1. The predicted molar refractivity (Wildman–Crippen MR) is 59.6 cm³/mol. The lowest BCUT2D eigenvalue weighted by Gasteiger charge is -1.90. The summed E-state index contributed by atoms with van der Waals surface area (Å²) in [6.45, 7) is 0.640. The first-order chi connectivity index (χ1) is 8.17. The van der Waals surface area contributed by atoms with Crippen LogP contribution in [0.2, 0.25) is 0 Å². The number of nitrogens with one attached hydrogen (secondary N) is 3. The maximum absolute atomic E-state index is 8.35. The van der Waals surface area contributed by atoms with Gasteiger partial charge < -0.3 is 5.73 Å². The van der Waals surface area contributed by atoms with Crippen molar-refractivity contribution in [3.8, 4) is 0 Å². The Morgan fingerprint density at radius 1 is 0.882 bits per heavy atom. The minimum Gasteiger partial charge on any atom is -0.326 e. The SMILES string of the molecule is N=C=O.N=C=O.N=C=O.NCc1ccccc1. The summed E-state index contributed by atoms with van der Waals surface area (Å²) >= 11 is 0. The highest BCUT2D eigenvalue weighted by Gasteiger charge is 1.80. The molecule has 0 aromatic heterocycles. The molecule has 0 saturated carbocycles. The summed E-state index contributed by atoms with van der Waals surface area (Å²) in [6.07, 6.45) is 2.25.